The van der Waals surface area contributed by atoms with Crippen molar-refractivity contribution in [2.45, 2.75) is 25.8 Å². The van der Waals surface area contributed by atoms with Gasteiger partial charge in [-0.2, -0.15) is 0 Å². The molecule has 6 nitrogen and oxygen atoms in total. The van der Waals surface area contributed by atoms with Crippen LogP contribution in [0.3, 0.4) is 0 Å². The molecule has 5 rings (SSSR count). The molecule has 2 aliphatic heterocycles. The van der Waals surface area contributed by atoms with Gasteiger partial charge in [-0.3, -0.25) is 9.13 Å². The largest absolute Gasteiger partial charge is 0.328 e. The van der Waals surface area contributed by atoms with Crippen LogP contribution < -0.4 is 11.0 Å². The summed E-state index contributed by atoms with van der Waals surface area (Å²) in [5.41, 5.74) is 5.53. The average Bonchev–Trinajstić information content (AvgIpc) is 3.45. The van der Waals surface area contributed by atoms with Crippen molar-refractivity contribution in [3.8, 4) is 0 Å². The van der Waals surface area contributed by atoms with Crippen LogP contribution in [-0.4, -0.2) is 44.9 Å². The van der Waals surface area contributed by atoms with Crippen molar-refractivity contribution < 1.29 is 4.58 Å². The molecule has 0 aliphatic carbocycles. The summed E-state index contributed by atoms with van der Waals surface area (Å²) in [4.78, 5) is 17.3. The van der Waals surface area contributed by atoms with E-state index in [1.807, 2.05) is 14.1 Å². The van der Waals surface area contributed by atoms with Crippen LogP contribution in [0.25, 0.3) is 11.0 Å². The van der Waals surface area contributed by atoms with Gasteiger partial charge in [-0.05, 0) is 37.6 Å². The Balaban J connectivity index is 1.63. The third-order valence-corrected chi connectivity index (χ3v) is 6.51. The molecule has 2 aliphatic rings. The minimum Gasteiger partial charge on any atom is -0.316 e. The number of hydrogen-bond acceptors (Lipinski definition) is 3. The van der Waals surface area contributed by atoms with Gasteiger partial charge in [0.05, 0.1) is 17.5 Å². The van der Waals surface area contributed by atoms with Crippen LogP contribution in [0, 0.1) is 12.8 Å². The lowest BCUT2D eigenvalue weighted by Gasteiger charge is -2.17. The molecule has 154 valence electrons. The fraction of sp³-hybridized carbons (Fsp3) is 0.375. The molecule has 1 N–H and O–H groups in total. The maximum atomic E-state index is 12.4. The minimum atomic E-state index is 0.000304. The molecular weight excluding hydrogens is 374 g/mol. The lowest BCUT2D eigenvalue weighted by molar-refractivity contribution is -0.470. The van der Waals surface area contributed by atoms with Crippen LogP contribution in [0.4, 0.5) is 5.69 Å². The zero-order valence-corrected chi connectivity index (χ0v) is 17.8. The van der Waals surface area contributed by atoms with E-state index in [2.05, 4.69) is 65.5 Å². The summed E-state index contributed by atoms with van der Waals surface area (Å²) in [6.45, 7) is 4.19. The van der Waals surface area contributed by atoms with Crippen LogP contribution in [0.1, 0.15) is 17.5 Å². The van der Waals surface area contributed by atoms with E-state index < -0.39 is 0 Å². The highest BCUT2D eigenvalue weighted by Gasteiger charge is 2.38. The average molecular weight is 403 g/mol. The Morgan fingerprint density at radius 2 is 1.97 bits per heavy atom. The van der Waals surface area contributed by atoms with Gasteiger partial charge in [0.25, 0.3) is 0 Å². The number of rotatable bonds is 4. The SMILES string of the molecule is Cc1cccc(CC2=[N+](c3ccc4c(c3)n(C)c(=O)n4C)C([C@H]3CCNC3)C=N2)c1. The molecule has 1 fully saturated rings. The Labute approximate surface area is 176 Å². The molecule has 1 unspecified atom stereocenters. The van der Waals surface area contributed by atoms with E-state index in [9.17, 15) is 4.79 Å². The van der Waals surface area contributed by atoms with Gasteiger partial charge in [0.1, 0.15) is 5.69 Å². The standard InChI is InChI=1S/C24H28N5O/c1-16-5-4-6-17(11-16)12-23-26-15-22(18-9-10-25-14-18)29(23)19-7-8-20-21(13-19)28(3)24(30)27(20)2/h4-8,11,13,15,18,22,25H,9-10,12,14H2,1-3H3/q+1/t18-,22?/m0/s1. The number of aromatic nitrogens is 2. The number of fused-ring (bicyclic) bond motifs is 1. The molecule has 3 heterocycles. The van der Waals surface area contributed by atoms with E-state index >= 15 is 0 Å². The number of imidazole rings is 1. The van der Waals surface area contributed by atoms with Crippen LogP contribution in [-0.2, 0) is 20.5 Å². The number of hydrogen-bond donors (Lipinski definition) is 1. The molecule has 2 aromatic carbocycles. The van der Waals surface area contributed by atoms with Gasteiger partial charge in [0.15, 0.2) is 12.3 Å². The Morgan fingerprint density at radius 3 is 2.73 bits per heavy atom. The van der Waals surface area contributed by atoms with Crippen molar-refractivity contribution in [2.24, 2.45) is 25.0 Å². The first-order chi connectivity index (χ1) is 14.5. The number of benzene rings is 2. The summed E-state index contributed by atoms with van der Waals surface area (Å²) in [6, 6.07) is 15.2. The number of aliphatic imine (C=N–C) groups is 1. The first kappa shape index (κ1) is 19.0. The predicted octanol–water partition coefficient (Wildman–Crippen LogP) is 2.53. The highest BCUT2D eigenvalue weighted by atomic mass is 16.1. The van der Waals surface area contributed by atoms with E-state index in [0.717, 1.165) is 48.5 Å². The quantitative estimate of drug-likeness (QED) is 0.682. The van der Waals surface area contributed by atoms with Crippen molar-refractivity contribution in [1.82, 2.24) is 14.5 Å². The van der Waals surface area contributed by atoms with E-state index in [1.165, 1.54) is 11.1 Å². The molecule has 0 saturated carbocycles. The summed E-state index contributed by atoms with van der Waals surface area (Å²) < 4.78 is 5.81. The Kier molecular flexibility index (Phi) is 4.66. The number of amidine groups is 1. The van der Waals surface area contributed by atoms with Gasteiger partial charge >= 0.3 is 11.5 Å². The summed E-state index contributed by atoms with van der Waals surface area (Å²) in [6.07, 6.45) is 4.06. The van der Waals surface area contributed by atoms with Crippen molar-refractivity contribution in [2.75, 3.05) is 13.1 Å². The first-order valence-corrected chi connectivity index (χ1v) is 10.6. The van der Waals surface area contributed by atoms with Gasteiger partial charge in [-0.1, -0.05) is 34.8 Å². The van der Waals surface area contributed by atoms with Crippen molar-refractivity contribution in [1.29, 1.82) is 0 Å². The van der Waals surface area contributed by atoms with Crippen LogP contribution in [0.15, 0.2) is 52.3 Å². The van der Waals surface area contributed by atoms with Crippen molar-refractivity contribution in [3.63, 3.8) is 0 Å². The number of nitrogens with zero attached hydrogens (tertiary/aromatic N) is 4. The molecule has 3 aromatic rings. The summed E-state index contributed by atoms with van der Waals surface area (Å²) in [5, 5.41) is 3.50. The van der Waals surface area contributed by atoms with E-state index in [4.69, 9.17) is 4.99 Å². The summed E-state index contributed by atoms with van der Waals surface area (Å²) in [5.74, 6) is 1.59. The fourth-order valence-corrected chi connectivity index (χ4v) is 4.87. The Morgan fingerprint density at radius 1 is 1.13 bits per heavy atom. The minimum absolute atomic E-state index is 0.000304. The first-order valence-electron chi connectivity index (χ1n) is 10.6. The number of nitrogens with one attached hydrogen (secondary N) is 1. The summed E-state index contributed by atoms with van der Waals surface area (Å²) in [7, 11) is 3.66. The van der Waals surface area contributed by atoms with Gasteiger partial charge < -0.3 is 5.32 Å². The maximum absolute atomic E-state index is 12.4. The fourth-order valence-electron chi connectivity index (χ4n) is 4.87. The second-order valence-electron chi connectivity index (χ2n) is 8.55. The highest BCUT2D eigenvalue weighted by Crippen LogP contribution is 2.28. The summed E-state index contributed by atoms with van der Waals surface area (Å²) >= 11 is 0. The van der Waals surface area contributed by atoms with Crippen LogP contribution in [0.2, 0.25) is 0 Å². The van der Waals surface area contributed by atoms with Crippen molar-refractivity contribution in [3.05, 3.63) is 64.1 Å². The smallest absolute Gasteiger partial charge is 0.316 e. The topological polar surface area (TPSA) is 54.3 Å². The van der Waals surface area contributed by atoms with Gasteiger partial charge in [-0.25, -0.2) is 9.37 Å². The van der Waals surface area contributed by atoms with Crippen LogP contribution >= 0.6 is 0 Å². The lowest BCUT2D eigenvalue weighted by Crippen LogP contribution is -2.33. The van der Waals surface area contributed by atoms with E-state index in [0.29, 0.717) is 5.92 Å². The molecule has 1 aromatic heterocycles. The maximum Gasteiger partial charge on any atom is 0.328 e. The second-order valence-corrected chi connectivity index (χ2v) is 8.55. The zero-order valence-electron chi connectivity index (χ0n) is 17.8. The molecule has 0 spiro atoms. The van der Waals surface area contributed by atoms with E-state index in [1.54, 1.807) is 9.13 Å². The molecule has 0 bridgehead atoms. The highest BCUT2D eigenvalue weighted by molar-refractivity contribution is 5.93. The number of aryl methyl sites for hydroxylation is 3. The molecule has 6 heteroatoms. The Bertz CT molecular complexity index is 1240. The molecule has 30 heavy (non-hydrogen) atoms. The van der Waals surface area contributed by atoms with E-state index in [-0.39, 0.29) is 11.7 Å². The zero-order chi connectivity index (χ0) is 20.8. The van der Waals surface area contributed by atoms with Crippen molar-refractivity contribution >= 4 is 28.8 Å². The molecular formula is C24H28N5O+. The van der Waals surface area contributed by atoms with Gasteiger partial charge in [0, 0.05) is 32.6 Å². The molecule has 0 radical (unpaired) electrons. The third kappa shape index (κ3) is 3.12. The Hall–Kier alpha value is -2.99. The van der Waals surface area contributed by atoms with Gasteiger partial charge in [-0.15, -0.1) is 0 Å². The molecule has 1 saturated heterocycles. The monoisotopic (exact) mass is 402 g/mol. The second kappa shape index (κ2) is 7.36. The van der Waals surface area contributed by atoms with Crippen LogP contribution in [0.5, 0.6) is 0 Å². The third-order valence-electron chi connectivity index (χ3n) is 6.51. The van der Waals surface area contributed by atoms with Gasteiger partial charge in [0.2, 0.25) is 0 Å². The molecule has 0 amide bonds. The molecule has 2 atom stereocenters. The normalized spacial score (nSPS) is 21.3. The predicted molar refractivity (Wildman–Crippen MR) is 121 cm³/mol. The lowest BCUT2D eigenvalue weighted by atomic mass is 9.99.